The van der Waals surface area contributed by atoms with Crippen LogP contribution in [0.5, 0.6) is 0 Å². The standard InChI is InChI=1S/C19H24N2O5/c1-5-14-16(18(23)25-6-2)15(21-19(24)20-14)10-26-17(22)13-8-7-11(3)12(4)9-13/h7-9,14H,5-6,10H2,1-4H3,(H2,20,21,24)/t14-/m1/s1. The highest BCUT2D eigenvalue weighted by atomic mass is 16.5. The Kier molecular flexibility index (Phi) is 6.38. The topological polar surface area (TPSA) is 93.7 Å². The smallest absolute Gasteiger partial charge is 0.338 e. The number of aryl methyl sites for hydroxylation is 2. The summed E-state index contributed by atoms with van der Waals surface area (Å²) in [5, 5.41) is 5.22. The highest BCUT2D eigenvalue weighted by Gasteiger charge is 2.32. The zero-order chi connectivity index (χ0) is 19.3. The molecule has 1 aromatic carbocycles. The molecular weight excluding hydrogens is 336 g/mol. The number of ether oxygens (including phenoxy) is 2. The SMILES string of the molecule is CCOC(=O)C1=C(COC(=O)c2ccc(C)c(C)c2)NC(=O)N[C@@H]1CC. The van der Waals surface area contributed by atoms with Crippen LogP contribution in [-0.4, -0.2) is 37.2 Å². The van der Waals surface area contributed by atoms with Crippen LogP contribution in [0.4, 0.5) is 4.79 Å². The summed E-state index contributed by atoms with van der Waals surface area (Å²) >= 11 is 0. The predicted molar refractivity (Wildman–Crippen MR) is 95.6 cm³/mol. The third-order valence-electron chi connectivity index (χ3n) is 4.24. The molecule has 0 aromatic heterocycles. The number of amides is 2. The highest BCUT2D eigenvalue weighted by molar-refractivity contribution is 5.95. The number of rotatable bonds is 6. The van der Waals surface area contributed by atoms with E-state index in [0.29, 0.717) is 12.0 Å². The Labute approximate surface area is 152 Å². The van der Waals surface area contributed by atoms with E-state index in [2.05, 4.69) is 10.6 Å². The Balaban J connectivity index is 2.21. The first kappa shape index (κ1) is 19.5. The number of esters is 2. The van der Waals surface area contributed by atoms with Crippen LogP contribution in [0, 0.1) is 13.8 Å². The maximum absolute atomic E-state index is 12.3. The molecule has 0 fully saturated rings. The maximum atomic E-state index is 12.3. The number of hydrogen-bond donors (Lipinski definition) is 2. The molecule has 0 aliphatic carbocycles. The zero-order valence-corrected chi connectivity index (χ0v) is 15.5. The van der Waals surface area contributed by atoms with Crippen LogP contribution < -0.4 is 10.6 Å². The number of urea groups is 1. The van der Waals surface area contributed by atoms with E-state index in [1.807, 2.05) is 26.8 Å². The van der Waals surface area contributed by atoms with Gasteiger partial charge in [-0.2, -0.15) is 0 Å². The molecule has 2 amide bonds. The molecule has 2 N–H and O–H groups in total. The number of carbonyl (C=O) groups excluding carboxylic acids is 3. The van der Waals surface area contributed by atoms with Crippen LogP contribution in [0.15, 0.2) is 29.5 Å². The minimum Gasteiger partial charge on any atom is -0.463 e. The molecule has 1 aliphatic rings. The molecule has 0 unspecified atom stereocenters. The average Bonchev–Trinajstić information content (AvgIpc) is 2.61. The van der Waals surface area contributed by atoms with E-state index in [4.69, 9.17) is 9.47 Å². The van der Waals surface area contributed by atoms with Gasteiger partial charge in [-0.15, -0.1) is 0 Å². The van der Waals surface area contributed by atoms with E-state index in [1.54, 1.807) is 19.1 Å². The fourth-order valence-corrected chi connectivity index (χ4v) is 2.66. The van der Waals surface area contributed by atoms with Crippen molar-refractivity contribution in [3.8, 4) is 0 Å². The summed E-state index contributed by atoms with van der Waals surface area (Å²) in [4.78, 5) is 36.4. The monoisotopic (exact) mass is 360 g/mol. The van der Waals surface area contributed by atoms with Gasteiger partial charge < -0.3 is 20.1 Å². The molecule has 0 bridgehead atoms. The Morgan fingerprint density at radius 1 is 1.08 bits per heavy atom. The second-order valence-electron chi connectivity index (χ2n) is 6.05. The lowest BCUT2D eigenvalue weighted by molar-refractivity contribution is -0.139. The largest absolute Gasteiger partial charge is 0.463 e. The lowest BCUT2D eigenvalue weighted by Crippen LogP contribution is -2.51. The second kappa shape index (κ2) is 8.51. The first-order chi connectivity index (χ1) is 12.4. The van der Waals surface area contributed by atoms with Crippen LogP contribution >= 0.6 is 0 Å². The molecule has 26 heavy (non-hydrogen) atoms. The zero-order valence-electron chi connectivity index (χ0n) is 15.5. The van der Waals surface area contributed by atoms with Crippen molar-refractivity contribution in [2.75, 3.05) is 13.2 Å². The summed E-state index contributed by atoms with van der Waals surface area (Å²) < 4.78 is 10.4. The summed E-state index contributed by atoms with van der Waals surface area (Å²) in [6.45, 7) is 7.40. The molecule has 0 spiro atoms. The van der Waals surface area contributed by atoms with E-state index >= 15 is 0 Å². The van der Waals surface area contributed by atoms with Gasteiger partial charge in [0.25, 0.3) is 0 Å². The van der Waals surface area contributed by atoms with Crippen LogP contribution in [0.25, 0.3) is 0 Å². The fourth-order valence-electron chi connectivity index (χ4n) is 2.66. The maximum Gasteiger partial charge on any atom is 0.338 e. The van der Waals surface area contributed by atoms with Gasteiger partial charge in [0.2, 0.25) is 0 Å². The molecule has 0 radical (unpaired) electrons. The summed E-state index contributed by atoms with van der Waals surface area (Å²) in [7, 11) is 0. The molecule has 0 saturated heterocycles. The van der Waals surface area contributed by atoms with Gasteiger partial charge in [0.1, 0.15) is 6.61 Å². The number of hydrogen-bond acceptors (Lipinski definition) is 5. The van der Waals surface area contributed by atoms with Gasteiger partial charge in [-0.3, -0.25) is 0 Å². The molecule has 1 aromatic rings. The van der Waals surface area contributed by atoms with E-state index in [0.717, 1.165) is 11.1 Å². The molecule has 1 atom stereocenters. The van der Waals surface area contributed by atoms with Crippen LogP contribution in [-0.2, 0) is 14.3 Å². The number of carbonyl (C=O) groups is 3. The average molecular weight is 360 g/mol. The molecule has 1 aliphatic heterocycles. The molecule has 7 heteroatoms. The summed E-state index contributed by atoms with van der Waals surface area (Å²) in [6, 6.07) is 4.34. The quantitative estimate of drug-likeness (QED) is 0.760. The lowest BCUT2D eigenvalue weighted by atomic mass is 10.0. The molecule has 0 saturated carbocycles. The third kappa shape index (κ3) is 4.41. The van der Waals surface area contributed by atoms with E-state index in [-0.39, 0.29) is 24.5 Å². The highest BCUT2D eigenvalue weighted by Crippen LogP contribution is 2.18. The van der Waals surface area contributed by atoms with Crippen LogP contribution in [0.1, 0.15) is 41.8 Å². The van der Waals surface area contributed by atoms with E-state index < -0.39 is 24.0 Å². The van der Waals surface area contributed by atoms with Gasteiger partial charge in [0.05, 0.1) is 29.5 Å². The van der Waals surface area contributed by atoms with Gasteiger partial charge in [-0.05, 0) is 50.5 Å². The second-order valence-corrected chi connectivity index (χ2v) is 6.05. The van der Waals surface area contributed by atoms with Gasteiger partial charge in [0, 0.05) is 0 Å². The first-order valence-electron chi connectivity index (χ1n) is 8.59. The van der Waals surface area contributed by atoms with Crippen molar-refractivity contribution in [2.45, 2.75) is 40.2 Å². The van der Waals surface area contributed by atoms with Gasteiger partial charge in [-0.25, -0.2) is 14.4 Å². The summed E-state index contributed by atoms with van der Waals surface area (Å²) in [6.07, 6.45) is 0.510. The normalized spacial score (nSPS) is 16.6. The van der Waals surface area contributed by atoms with E-state index in [9.17, 15) is 14.4 Å². The van der Waals surface area contributed by atoms with Gasteiger partial charge >= 0.3 is 18.0 Å². The Bertz CT molecular complexity index is 754. The van der Waals surface area contributed by atoms with Crippen molar-refractivity contribution in [3.05, 3.63) is 46.2 Å². The predicted octanol–water partition coefficient (Wildman–Crippen LogP) is 2.37. The van der Waals surface area contributed by atoms with Crippen molar-refractivity contribution < 1.29 is 23.9 Å². The van der Waals surface area contributed by atoms with Crippen molar-refractivity contribution in [2.24, 2.45) is 0 Å². The van der Waals surface area contributed by atoms with Crippen molar-refractivity contribution in [1.29, 1.82) is 0 Å². The molecule has 1 heterocycles. The minimum absolute atomic E-state index is 0.211. The lowest BCUT2D eigenvalue weighted by Gasteiger charge is -2.28. The van der Waals surface area contributed by atoms with Gasteiger partial charge in [0.15, 0.2) is 0 Å². The Morgan fingerprint density at radius 3 is 2.42 bits per heavy atom. The third-order valence-corrected chi connectivity index (χ3v) is 4.24. The Morgan fingerprint density at radius 2 is 1.81 bits per heavy atom. The molecular formula is C19H24N2O5. The molecule has 7 nitrogen and oxygen atoms in total. The van der Waals surface area contributed by atoms with Crippen molar-refractivity contribution >= 4 is 18.0 Å². The van der Waals surface area contributed by atoms with Crippen LogP contribution in [0.2, 0.25) is 0 Å². The van der Waals surface area contributed by atoms with Gasteiger partial charge in [-0.1, -0.05) is 13.0 Å². The summed E-state index contributed by atoms with van der Waals surface area (Å²) in [5.41, 5.74) is 2.99. The van der Waals surface area contributed by atoms with Crippen molar-refractivity contribution in [3.63, 3.8) is 0 Å². The fraction of sp³-hybridized carbons (Fsp3) is 0.421. The van der Waals surface area contributed by atoms with E-state index in [1.165, 1.54) is 0 Å². The molecule has 2 rings (SSSR count). The summed E-state index contributed by atoms with van der Waals surface area (Å²) in [5.74, 6) is -1.06. The first-order valence-corrected chi connectivity index (χ1v) is 8.59. The number of nitrogens with one attached hydrogen (secondary N) is 2. The van der Waals surface area contributed by atoms with Crippen LogP contribution in [0.3, 0.4) is 0 Å². The Hall–Kier alpha value is -2.83. The molecule has 140 valence electrons. The minimum atomic E-state index is -0.538. The number of benzene rings is 1. The van der Waals surface area contributed by atoms with Crippen molar-refractivity contribution in [1.82, 2.24) is 10.6 Å².